The van der Waals surface area contributed by atoms with E-state index < -0.39 is 0 Å². The van der Waals surface area contributed by atoms with Crippen molar-refractivity contribution in [3.05, 3.63) is 47.8 Å². The van der Waals surface area contributed by atoms with Crippen molar-refractivity contribution < 1.29 is 0 Å². The number of aromatic nitrogens is 2. The summed E-state index contributed by atoms with van der Waals surface area (Å²) in [6, 6.07) is 8.56. The maximum atomic E-state index is 4.15. The Balaban J connectivity index is 1.90. The topological polar surface area (TPSA) is 33.1 Å². The molecule has 0 atom stereocenters. The average molecular weight is 244 g/mol. The van der Waals surface area contributed by atoms with Gasteiger partial charge in [0.25, 0.3) is 0 Å². The van der Waals surface area contributed by atoms with Gasteiger partial charge >= 0.3 is 0 Å². The summed E-state index contributed by atoms with van der Waals surface area (Å²) in [4.78, 5) is 2.16. The van der Waals surface area contributed by atoms with Gasteiger partial charge in [-0.3, -0.25) is 4.68 Å². The zero-order valence-electron chi connectivity index (χ0n) is 11.2. The quantitative estimate of drug-likeness (QED) is 0.874. The van der Waals surface area contributed by atoms with Crippen LogP contribution in [0.4, 0.5) is 5.69 Å². The molecule has 1 aromatic heterocycles. The lowest BCUT2D eigenvalue weighted by Gasteiger charge is -2.10. The van der Waals surface area contributed by atoms with Gasteiger partial charge in [-0.1, -0.05) is 12.1 Å². The van der Waals surface area contributed by atoms with Crippen LogP contribution in [-0.4, -0.2) is 28.8 Å². The molecule has 2 aromatic rings. The molecule has 0 saturated heterocycles. The summed E-state index contributed by atoms with van der Waals surface area (Å²) in [6.45, 7) is 1.78. The van der Waals surface area contributed by atoms with E-state index in [1.165, 1.54) is 11.1 Å². The molecule has 0 aliphatic rings. The normalized spacial score (nSPS) is 10.9. The van der Waals surface area contributed by atoms with Gasteiger partial charge < -0.3 is 10.2 Å². The minimum Gasteiger partial charge on any atom is -0.381 e. The number of nitrogens with one attached hydrogen (secondary N) is 1. The van der Waals surface area contributed by atoms with E-state index in [4.69, 9.17) is 0 Å². The van der Waals surface area contributed by atoms with E-state index in [9.17, 15) is 0 Å². The van der Waals surface area contributed by atoms with Crippen LogP contribution in [0.25, 0.3) is 0 Å². The molecule has 0 radical (unpaired) electrons. The highest BCUT2D eigenvalue weighted by Crippen LogP contribution is 2.11. The molecular weight excluding hydrogens is 224 g/mol. The third kappa shape index (κ3) is 3.60. The Hall–Kier alpha value is -1.81. The molecule has 1 N–H and O–H groups in total. The summed E-state index contributed by atoms with van der Waals surface area (Å²) in [5.74, 6) is 0. The van der Waals surface area contributed by atoms with Crippen molar-refractivity contribution in [2.75, 3.05) is 19.4 Å². The molecule has 18 heavy (non-hydrogen) atoms. The summed E-state index contributed by atoms with van der Waals surface area (Å²) >= 11 is 0. The molecule has 0 aliphatic carbocycles. The Morgan fingerprint density at radius 2 is 1.89 bits per heavy atom. The monoisotopic (exact) mass is 244 g/mol. The van der Waals surface area contributed by atoms with Gasteiger partial charge in [-0.05, 0) is 31.8 Å². The summed E-state index contributed by atoms with van der Waals surface area (Å²) < 4.78 is 1.82. The second kappa shape index (κ2) is 5.69. The van der Waals surface area contributed by atoms with Crippen molar-refractivity contribution in [1.29, 1.82) is 0 Å². The Kier molecular flexibility index (Phi) is 3.99. The molecule has 0 bridgehead atoms. The summed E-state index contributed by atoms with van der Waals surface area (Å²) in [7, 11) is 6.09. The number of rotatable bonds is 5. The van der Waals surface area contributed by atoms with Gasteiger partial charge in [0.2, 0.25) is 0 Å². The minimum atomic E-state index is 0.806. The van der Waals surface area contributed by atoms with E-state index in [1.807, 2.05) is 24.1 Å². The van der Waals surface area contributed by atoms with Gasteiger partial charge in [0.1, 0.15) is 0 Å². The van der Waals surface area contributed by atoms with Crippen molar-refractivity contribution in [1.82, 2.24) is 14.7 Å². The van der Waals surface area contributed by atoms with Crippen LogP contribution < -0.4 is 5.32 Å². The number of benzene rings is 1. The van der Waals surface area contributed by atoms with Crippen molar-refractivity contribution in [2.24, 2.45) is 7.05 Å². The van der Waals surface area contributed by atoms with Crippen LogP contribution in [0.2, 0.25) is 0 Å². The minimum absolute atomic E-state index is 0.806. The summed E-state index contributed by atoms with van der Waals surface area (Å²) in [5.41, 5.74) is 3.66. The molecule has 4 nitrogen and oxygen atoms in total. The molecule has 0 fully saturated rings. The van der Waals surface area contributed by atoms with E-state index >= 15 is 0 Å². The van der Waals surface area contributed by atoms with Gasteiger partial charge in [0.15, 0.2) is 0 Å². The van der Waals surface area contributed by atoms with E-state index in [1.54, 1.807) is 0 Å². The maximum Gasteiger partial charge on any atom is 0.0539 e. The molecule has 1 aromatic carbocycles. The van der Waals surface area contributed by atoms with Gasteiger partial charge in [-0.25, -0.2) is 0 Å². The van der Waals surface area contributed by atoms with E-state index in [2.05, 4.69) is 53.7 Å². The Bertz CT molecular complexity index is 485. The van der Waals surface area contributed by atoms with Crippen LogP contribution in [-0.2, 0) is 20.1 Å². The summed E-state index contributed by atoms with van der Waals surface area (Å²) in [5, 5.41) is 7.53. The Morgan fingerprint density at radius 3 is 2.44 bits per heavy atom. The molecule has 0 spiro atoms. The number of hydrogen-bond donors (Lipinski definition) is 1. The molecule has 4 heteroatoms. The maximum absolute atomic E-state index is 4.15. The fourth-order valence-electron chi connectivity index (χ4n) is 1.86. The van der Waals surface area contributed by atoms with Crippen LogP contribution >= 0.6 is 0 Å². The first-order chi connectivity index (χ1) is 8.63. The highest BCUT2D eigenvalue weighted by molar-refractivity contribution is 5.44. The lowest BCUT2D eigenvalue weighted by molar-refractivity contribution is 0.402. The SMILES string of the molecule is CN(C)Cc1ccc(NCc2cnn(C)c2)cc1. The highest BCUT2D eigenvalue weighted by Gasteiger charge is 1.98. The lowest BCUT2D eigenvalue weighted by Crippen LogP contribution is -2.10. The van der Waals surface area contributed by atoms with E-state index in [0.717, 1.165) is 18.8 Å². The van der Waals surface area contributed by atoms with Gasteiger partial charge in [0, 0.05) is 37.6 Å². The predicted molar refractivity (Wildman–Crippen MR) is 74.4 cm³/mol. The molecule has 2 rings (SSSR count). The standard InChI is InChI=1S/C14H20N4/c1-17(2)10-12-4-6-14(7-5-12)15-8-13-9-16-18(3)11-13/h4-7,9,11,15H,8,10H2,1-3H3. The average Bonchev–Trinajstić information content (AvgIpc) is 2.74. The smallest absolute Gasteiger partial charge is 0.0539 e. The van der Waals surface area contributed by atoms with Crippen molar-refractivity contribution in [3.8, 4) is 0 Å². The highest BCUT2D eigenvalue weighted by atomic mass is 15.2. The third-order valence-corrected chi connectivity index (χ3v) is 2.71. The van der Waals surface area contributed by atoms with Gasteiger partial charge in [-0.2, -0.15) is 5.10 Å². The third-order valence-electron chi connectivity index (χ3n) is 2.71. The molecule has 0 aliphatic heterocycles. The van der Waals surface area contributed by atoms with Crippen LogP contribution in [0.15, 0.2) is 36.7 Å². The van der Waals surface area contributed by atoms with Crippen LogP contribution in [0, 0.1) is 0 Å². The zero-order chi connectivity index (χ0) is 13.0. The van der Waals surface area contributed by atoms with Gasteiger partial charge in [0.05, 0.1) is 6.20 Å². The molecule has 96 valence electrons. The first-order valence-electron chi connectivity index (χ1n) is 6.08. The van der Waals surface area contributed by atoms with Crippen molar-refractivity contribution in [2.45, 2.75) is 13.1 Å². The van der Waals surface area contributed by atoms with Crippen LogP contribution in [0.5, 0.6) is 0 Å². The largest absolute Gasteiger partial charge is 0.381 e. The Morgan fingerprint density at radius 1 is 1.17 bits per heavy atom. The van der Waals surface area contributed by atoms with Gasteiger partial charge in [-0.15, -0.1) is 0 Å². The number of nitrogens with zero attached hydrogens (tertiary/aromatic N) is 3. The second-order valence-electron chi connectivity index (χ2n) is 4.81. The first kappa shape index (κ1) is 12.6. The lowest BCUT2D eigenvalue weighted by atomic mass is 10.2. The molecule has 0 amide bonds. The fraction of sp³-hybridized carbons (Fsp3) is 0.357. The predicted octanol–water partition coefficient (Wildman–Crippen LogP) is 2.09. The fourth-order valence-corrected chi connectivity index (χ4v) is 1.86. The Labute approximate surface area is 108 Å². The van der Waals surface area contributed by atoms with E-state index in [0.29, 0.717) is 0 Å². The van der Waals surface area contributed by atoms with Crippen molar-refractivity contribution >= 4 is 5.69 Å². The van der Waals surface area contributed by atoms with Crippen LogP contribution in [0.3, 0.4) is 0 Å². The van der Waals surface area contributed by atoms with Crippen molar-refractivity contribution in [3.63, 3.8) is 0 Å². The summed E-state index contributed by atoms with van der Waals surface area (Å²) in [6.07, 6.45) is 3.90. The number of aryl methyl sites for hydroxylation is 1. The second-order valence-corrected chi connectivity index (χ2v) is 4.81. The first-order valence-corrected chi connectivity index (χ1v) is 6.08. The van der Waals surface area contributed by atoms with E-state index in [-0.39, 0.29) is 0 Å². The molecule has 0 unspecified atom stereocenters. The number of hydrogen-bond acceptors (Lipinski definition) is 3. The zero-order valence-corrected chi connectivity index (χ0v) is 11.2. The molecule has 0 saturated carbocycles. The number of anilines is 1. The molecule has 1 heterocycles. The molecular formula is C14H20N4. The van der Waals surface area contributed by atoms with Crippen LogP contribution in [0.1, 0.15) is 11.1 Å².